The lowest BCUT2D eigenvalue weighted by atomic mass is 10.2. The van der Waals surface area contributed by atoms with E-state index in [4.69, 9.17) is 0 Å². The topological polar surface area (TPSA) is 336 Å². The molecule has 27 heteroatoms. The van der Waals surface area contributed by atoms with Crippen molar-refractivity contribution in [3.8, 4) is 0 Å². The largest absolute Gasteiger partial charge is 0.387 e. The number of hydrogen-bond donors (Lipinski definition) is 7. The average Bonchev–Trinajstić information content (AvgIpc) is 2.94. The van der Waals surface area contributed by atoms with E-state index in [0.717, 1.165) is 18.2 Å². The first-order valence-electron chi connectivity index (χ1n) is 12.4. The maximum Gasteiger partial charge on any atom is 0.315 e. The molecule has 0 spiro atoms. The summed E-state index contributed by atoms with van der Waals surface area (Å²) in [6.07, 6.45) is -1.56. The van der Waals surface area contributed by atoms with Crippen LogP contribution in [0.15, 0.2) is 57.2 Å². The molecule has 1 heterocycles. The number of nitrogens with one attached hydrogen (secondary N) is 4. The predicted octanol–water partition coefficient (Wildman–Crippen LogP) is 2.98. The Kier molecular flexibility index (Phi) is 9.61. The highest BCUT2D eigenvalue weighted by Crippen LogP contribution is 2.37. The van der Waals surface area contributed by atoms with Gasteiger partial charge in [0.05, 0.1) is 33.0 Å². The van der Waals surface area contributed by atoms with E-state index in [9.17, 15) is 67.9 Å². The molecule has 49 heavy (non-hydrogen) atoms. The van der Waals surface area contributed by atoms with Crippen molar-refractivity contribution in [1.82, 2.24) is 15.0 Å². The monoisotopic (exact) mass is 749 g/mol. The number of hydrogen-bond acceptors (Lipinski definition) is 17. The Morgan fingerprint density at radius 2 is 1.14 bits per heavy atom. The Labute approximate surface area is 271 Å². The Morgan fingerprint density at radius 3 is 1.67 bits per heavy atom. The normalized spacial score (nSPS) is 11.9. The zero-order chi connectivity index (χ0) is 36.6. The predicted molar refractivity (Wildman–Crippen MR) is 161 cm³/mol. The molecule has 0 saturated carbocycles. The number of nitro groups is 2. The van der Waals surface area contributed by atoms with Crippen LogP contribution >= 0.6 is 0 Å². The van der Waals surface area contributed by atoms with Crippen LogP contribution in [-0.2, 0) is 30.4 Å². The Morgan fingerprint density at radius 1 is 0.633 bits per heavy atom. The first-order valence-corrected chi connectivity index (χ1v) is 16.7. The van der Waals surface area contributed by atoms with Crippen LogP contribution in [0.25, 0.3) is 0 Å². The van der Waals surface area contributed by atoms with E-state index in [-0.39, 0.29) is 11.8 Å². The third kappa shape index (κ3) is 8.22. The van der Waals surface area contributed by atoms with Gasteiger partial charge in [0.1, 0.15) is 20.4 Å². The Balaban J connectivity index is 1.78. The van der Waals surface area contributed by atoms with E-state index in [2.05, 4.69) is 36.2 Å². The summed E-state index contributed by atoms with van der Waals surface area (Å²) >= 11 is 0. The standard InChI is InChI=1S/C22H17F2N9O13S3/c1-25-12-6-19(49(44,45)46)14(7-18(12)48(41,42)43)28-22-30-20(24)29-21(31-22)26-9-2-3-17(47(38,39)40)13(4-9)27-11-5-10(23)15(32(34)35)8-16(11)33(36)37/h2-8,25,27H,1H3,(H,38,39,40)(H,41,42,43)(H,44,45,46)(H2,26,28,29,30,31). The van der Waals surface area contributed by atoms with Gasteiger partial charge in [-0.3, -0.25) is 33.9 Å². The second-order valence-electron chi connectivity index (χ2n) is 9.19. The molecule has 4 rings (SSSR count). The highest BCUT2D eigenvalue weighted by Gasteiger charge is 2.28. The lowest BCUT2D eigenvalue weighted by Crippen LogP contribution is -2.12. The SMILES string of the molecule is CNc1cc(S(=O)(=O)O)c(Nc2nc(F)nc(Nc3ccc(S(=O)(=O)O)c(Nc4cc(F)c([N+](=O)[O-])cc4[N+](=O)[O-])c3)n2)cc1S(=O)(=O)O. The van der Waals surface area contributed by atoms with Crippen LogP contribution in [0, 0.1) is 32.1 Å². The van der Waals surface area contributed by atoms with Gasteiger partial charge in [-0.2, -0.15) is 49.0 Å². The van der Waals surface area contributed by atoms with Crippen molar-refractivity contribution in [2.75, 3.05) is 28.3 Å². The van der Waals surface area contributed by atoms with Crippen LogP contribution in [-0.4, -0.2) is 70.8 Å². The fourth-order valence-electron chi connectivity index (χ4n) is 4.01. The van der Waals surface area contributed by atoms with Crippen LogP contribution in [0.2, 0.25) is 0 Å². The highest BCUT2D eigenvalue weighted by molar-refractivity contribution is 7.86. The van der Waals surface area contributed by atoms with Crippen LogP contribution < -0.4 is 21.3 Å². The van der Waals surface area contributed by atoms with Crippen molar-refractivity contribution in [3.63, 3.8) is 0 Å². The van der Waals surface area contributed by atoms with Crippen molar-refractivity contribution in [3.05, 3.63) is 74.6 Å². The van der Waals surface area contributed by atoms with Crippen molar-refractivity contribution >= 4 is 82.1 Å². The molecule has 0 radical (unpaired) electrons. The van der Waals surface area contributed by atoms with Crippen molar-refractivity contribution < 1.29 is 57.5 Å². The van der Waals surface area contributed by atoms with E-state index in [0.29, 0.717) is 18.2 Å². The minimum Gasteiger partial charge on any atom is -0.387 e. The van der Waals surface area contributed by atoms with Crippen LogP contribution in [0.4, 0.5) is 60.5 Å². The number of benzene rings is 3. The number of anilines is 7. The second-order valence-corrected chi connectivity index (χ2v) is 13.4. The summed E-state index contributed by atoms with van der Waals surface area (Å²) in [4.78, 5) is 27.8. The van der Waals surface area contributed by atoms with Gasteiger partial charge < -0.3 is 21.3 Å². The molecular weight excluding hydrogens is 732 g/mol. The van der Waals surface area contributed by atoms with E-state index < -0.39 is 113 Å². The summed E-state index contributed by atoms with van der Waals surface area (Å²) in [5, 5.41) is 31.6. The lowest BCUT2D eigenvalue weighted by Gasteiger charge is -2.15. The van der Waals surface area contributed by atoms with Gasteiger partial charge in [0.15, 0.2) is 0 Å². The fourth-order valence-corrected chi connectivity index (χ4v) is 6.00. The summed E-state index contributed by atoms with van der Waals surface area (Å²) in [5.41, 5.74) is -5.34. The molecule has 0 bridgehead atoms. The molecule has 0 fully saturated rings. The third-order valence-corrected chi connectivity index (χ3v) is 8.70. The fraction of sp³-hybridized carbons (Fsp3) is 0.0455. The van der Waals surface area contributed by atoms with Gasteiger partial charge in [0, 0.05) is 18.8 Å². The summed E-state index contributed by atoms with van der Waals surface area (Å²) in [5.74, 6) is -3.10. The summed E-state index contributed by atoms with van der Waals surface area (Å²) in [7, 11) is -14.1. The molecule has 0 aliphatic heterocycles. The number of rotatable bonds is 12. The summed E-state index contributed by atoms with van der Waals surface area (Å²) in [6.45, 7) is 0. The van der Waals surface area contributed by atoms with Crippen molar-refractivity contribution in [1.29, 1.82) is 0 Å². The summed E-state index contributed by atoms with van der Waals surface area (Å²) < 4.78 is 130. The van der Waals surface area contributed by atoms with Gasteiger partial charge in [-0.15, -0.1) is 0 Å². The van der Waals surface area contributed by atoms with Crippen molar-refractivity contribution in [2.45, 2.75) is 14.7 Å². The van der Waals surface area contributed by atoms with Gasteiger partial charge in [0.2, 0.25) is 17.7 Å². The molecule has 22 nitrogen and oxygen atoms in total. The Bertz CT molecular complexity index is 2380. The second kappa shape index (κ2) is 13.0. The maximum absolute atomic E-state index is 14.5. The molecule has 1 aromatic heterocycles. The molecule has 0 aliphatic rings. The molecule has 3 aromatic carbocycles. The van der Waals surface area contributed by atoms with Gasteiger partial charge >= 0.3 is 11.8 Å². The highest BCUT2D eigenvalue weighted by atomic mass is 32.2. The smallest absolute Gasteiger partial charge is 0.315 e. The van der Waals surface area contributed by atoms with Crippen LogP contribution in [0.3, 0.4) is 0 Å². The zero-order valence-corrected chi connectivity index (χ0v) is 26.1. The molecule has 0 saturated heterocycles. The average molecular weight is 750 g/mol. The quantitative estimate of drug-likeness (QED) is 0.0621. The van der Waals surface area contributed by atoms with Gasteiger partial charge in [-0.1, -0.05) is 0 Å². The number of aromatic nitrogens is 3. The van der Waals surface area contributed by atoms with Crippen LogP contribution in [0.1, 0.15) is 0 Å². The molecule has 0 aliphatic carbocycles. The first-order chi connectivity index (χ1) is 22.6. The number of nitro benzene ring substituents is 2. The number of nitrogens with zero attached hydrogens (tertiary/aromatic N) is 5. The minimum absolute atomic E-state index is 0.258. The van der Waals surface area contributed by atoms with Crippen LogP contribution in [0.5, 0.6) is 0 Å². The minimum atomic E-state index is -5.12. The molecule has 4 aromatic rings. The van der Waals surface area contributed by atoms with E-state index in [1.165, 1.54) is 7.05 Å². The Hall–Kier alpha value is -5.74. The summed E-state index contributed by atoms with van der Waals surface area (Å²) in [6, 6.07) is 4.23. The maximum atomic E-state index is 14.5. The molecule has 0 unspecified atom stereocenters. The van der Waals surface area contributed by atoms with Gasteiger partial charge in [-0.25, -0.2) is 0 Å². The molecule has 260 valence electrons. The van der Waals surface area contributed by atoms with E-state index in [1.807, 2.05) is 0 Å². The zero-order valence-electron chi connectivity index (χ0n) is 23.7. The van der Waals surface area contributed by atoms with Gasteiger partial charge in [0.25, 0.3) is 36.0 Å². The van der Waals surface area contributed by atoms with E-state index in [1.54, 1.807) is 0 Å². The lowest BCUT2D eigenvalue weighted by molar-refractivity contribution is -0.395. The number of halogens is 2. The van der Waals surface area contributed by atoms with E-state index >= 15 is 0 Å². The molecular formula is C22H17F2N9O13S3. The third-order valence-electron chi connectivity index (χ3n) is 6.00. The molecule has 0 amide bonds. The van der Waals surface area contributed by atoms with Crippen molar-refractivity contribution in [2.24, 2.45) is 0 Å². The molecule has 0 atom stereocenters. The van der Waals surface area contributed by atoms with Gasteiger partial charge in [-0.05, 0) is 30.3 Å². The first kappa shape index (κ1) is 36.1. The molecule has 7 N–H and O–H groups in total.